The molecule has 1 fully saturated rings. The summed E-state index contributed by atoms with van der Waals surface area (Å²) in [4.78, 5) is 0. The molecule has 0 unspecified atom stereocenters. The average molecular weight is 264 g/mol. The Hall–Kier alpha value is -1.11. The first-order chi connectivity index (χ1) is 8.86. The largest absolute Gasteiger partial charge is 0.491 e. The van der Waals surface area contributed by atoms with Gasteiger partial charge in [0.25, 0.3) is 0 Å². The van der Waals surface area contributed by atoms with Crippen molar-refractivity contribution in [1.29, 1.82) is 0 Å². The standard InChI is InChI=1S/C13H21BN2O3/c1-12(2)13(3,4)19-14(18-12)11(8-15-5)6-10-7-16-17-9-10/h6-7,9,15H,8H2,1-5H3. The van der Waals surface area contributed by atoms with Gasteiger partial charge in [-0.2, -0.15) is 0 Å². The second kappa shape index (κ2) is 5.11. The van der Waals surface area contributed by atoms with E-state index < -0.39 is 0 Å². The Morgan fingerprint density at radius 2 is 1.95 bits per heavy atom. The molecule has 0 aliphatic carbocycles. The van der Waals surface area contributed by atoms with E-state index in [1.165, 1.54) is 0 Å². The molecule has 1 N–H and O–H groups in total. The number of likely N-dealkylation sites (N-methyl/N-ethyl adjacent to an activating group) is 1. The highest BCUT2D eigenvalue weighted by molar-refractivity contribution is 6.55. The summed E-state index contributed by atoms with van der Waals surface area (Å²) in [6, 6.07) is 0. The van der Waals surface area contributed by atoms with Crippen LogP contribution in [0.5, 0.6) is 0 Å². The molecule has 0 bridgehead atoms. The van der Waals surface area contributed by atoms with Crippen LogP contribution in [0.2, 0.25) is 0 Å². The molecule has 2 heterocycles. The van der Waals surface area contributed by atoms with Gasteiger partial charge in [0.2, 0.25) is 0 Å². The first kappa shape index (κ1) is 14.3. The van der Waals surface area contributed by atoms with E-state index in [0.29, 0.717) is 6.54 Å². The lowest BCUT2D eigenvalue weighted by Gasteiger charge is -2.32. The van der Waals surface area contributed by atoms with Crippen LogP contribution in [0, 0.1) is 0 Å². The summed E-state index contributed by atoms with van der Waals surface area (Å²) in [7, 11) is 1.54. The monoisotopic (exact) mass is 264 g/mol. The van der Waals surface area contributed by atoms with Crippen LogP contribution in [0.3, 0.4) is 0 Å². The van der Waals surface area contributed by atoms with Crippen molar-refractivity contribution in [3.63, 3.8) is 0 Å². The van der Waals surface area contributed by atoms with Crippen molar-refractivity contribution in [1.82, 2.24) is 10.5 Å². The molecule has 1 aromatic rings. The zero-order valence-corrected chi connectivity index (χ0v) is 12.2. The number of hydrogen-bond donors (Lipinski definition) is 1. The van der Waals surface area contributed by atoms with E-state index in [9.17, 15) is 0 Å². The molecule has 1 aliphatic rings. The quantitative estimate of drug-likeness (QED) is 0.842. The normalized spacial score (nSPS) is 21.9. The van der Waals surface area contributed by atoms with E-state index in [4.69, 9.17) is 13.8 Å². The lowest BCUT2D eigenvalue weighted by molar-refractivity contribution is 0.00578. The third-order valence-electron chi connectivity index (χ3n) is 3.74. The molecule has 6 heteroatoms. The fourth-order valence-electron chi connectivity index (χ4n) is 1.90. The highest BCUT2D eigenvalue weighted by Gasteiger charge is 2.52. The van der Waals surface area contributed by atoms with E-state index in [0.717, 1.165) is 11.0 Å². The van der Waals surface area contributed by atoms with Crippen molar-refractivity contribution in [2.75, 3.05) is 13.6 Å². The SMILES string of the molecule is CNCC(=Cc1cnoc1)B1OC(C)(C)C(C)(C)O1. The van der Waals surface area contributed by atoms with E-state index >= 15 is 0 Å². The van der Waals surface area contributed by atoms with Crippen LogP contribution in [0.4, 0.5) is 0 Å². The maximum atomic E-state index is 6.05. The zero-order chi connectivity index (χ0) is 14.1. The zero-order valence-electron chi connectivity index (χ0n) is 12.2. The molecule has 5 nitrogen and oxygen atoms in total. The molecule has 104 valence electrons. The highest BCUT2D eigenvalue weighted by atomic mass is 16.7. The van der Waals surface area contributed by atoms with Crippen LogP contribution >= 0.6 is 0 Å². The second-order valence-electron chi connectivity index (χ2n) is 5.80. The van der Waals surface area contributed by atoms with Crippen molar-refractivity contribution in [3.05, 3.63) is 23.5 Å². The minimum absolute atomic E-state index is 0.334. The molecule has 0 amide bonds. The van der Waals surface area contributed by atoms with E-state index in [-0.39, 0.29) is 18.3 Å². The summed E-state index contributed by atoms with van der Waals surface area (Å²) < 4.78 is 16.9. The Balaban J connectivity index is 2.23. The molecule has 2 rings (SSSR count). The van der Waals surface area contributed by atoms with E-state index in [1.807, 2.05) is 40.8 Å². The number of nitrogens with zero attached hydrogens (tertiary/aromatic N) is 1. The maximum absolute atomic E-state index is 6.05. The van der Waals surface area contributed by atoms with Gasteiger partial charge in [0.1, 0.15) is 6.26 Å². The Morgan fingerprint density at radius 1 is 1.32 bits per heavy atom. The fourth-order valence-corrected chi connectivity index (χ4v) is 1.90. The molecule has 0 aromatic carbocycles. The van der Waals surface area contributed by atoms with Gasteiger partial charge >= 0.3 is 7.12 Å². The smallest absolute Gasteiger partial charge is 0.400 e. The van der Waals surface area contributed by atoms with E-state index in [1.54, 1.807) is 12.5 Å². The third-order valence-corrected chi connectivity index (χ3v) is 3.74. The molecular formula is C13H21BN2O3. The van der Waals surface area contributed by atoms with Crippen molar-refractivity contribution in [3.8, 4) is 0 Å². The van der Waals surface area contributed by atoms with Gasteiger partial charge in [-0.25, -0.2) is 0 Å². The van der Waals surface area contributed by atoms with Crippen molar-refractivity contribution < 1.29 is 13.8 Å². The lowest BCUT2D eigenvalue weighted by Crippen LogP contribution is -2.41. The van der Waals surface area contributed by atoms with Gasteiger partial charge in [-0.15, -0.1) is 0 Å². The van der Waals surface area contributed by atoms with Crippen LogP contribution < -0.4 is 5.32 Å². The Morgan fingerprint density at radius 3 is 2.42 bits per heavy atom. The minimum Gasteiger partial charge on any atom is -0.400 e. The summed E-state index contributed by atoms with van der Waals surface area (Å²) in [5, 5.41) is 6.83. The Bertz CT molecular complexity index is 438. The molecule has 1 aromatic heterocycles. The number of nitrogens with one attached hydrogen (secondary N) is 1. The van der Waals surface area contributed by atoms with Crippen LogP contribution in [-0.2, 0) is 9.31 Å². The molecule has 0 spiro atoms. The summed E-state index contributed by atoms with van der Waals surface area (Å²) in [5.74, 6) is 0. The van der Waals surface area contributed by atoms with Crippen LogP contribution in [0.1, 0.15) is 33.3 Å². The van der Waals surface area contributed by atoms with Gasteiger partial charge in [-0.3, -0.25) is 0 Å². The highest BCUT2D eigenvalue weighted by Crippen LogP contribution is 2.38. The lowest BCUT2D eigenvalue weighted by atomic mass is 9.77. The fraction of sp³-hybridized carbons (Fsp3) is 0.615. The first-order valence-corrected chi connectivity index (χ1v) is 6.46. The third kappa shape index (κ3) is 2.91. The average Bonchev–Trinajstić information content (AvgIpc) is 2.85. The van der Waals surface area contributed by atoms with E-state index in [2.05, 4.69) is 10.5 Å². The van der Waals surface area contributed by atoms with Crippen LogP contribution in [0.25, 0.3) is 6.08 Å². The topological polar surface area (TPSA) is 56.5 Å². The van der Waals surface area contributed by atoms with Gasteiger partial charge < -0.3 is 19.1 Å². The van der Waals surface area contributed by atoms with Gasteiger partial charge in [0.15, 0.2) is 0 Å². The minimum atomic E-state index is -0.354. The number of hydrogen-bond acceptors (Lipinski definition) is 5. The first-order valence-electron chi connectivity index (χ1n) is 6.46. The molecule has 0 atom stereocenters. The molecular weight excluding hydrogens is 243 g/mol. The maximum Gasteiger partial charge on any atom is 0.491 e. The van der Waals surface area contributed by atoms with Gasteiger partial charge in [0, 0.05) is 12.1 Å². The van der Waals surface area contributed by atoms with Crippen LogP contribution in [0.15, 0.2) is 22.5 Å². The number of rotatable bonds is 4. The summed E-state index contributed by atoms with van der Waals surface area (Å²) in [6.45, 7) is 8.86. The van der Waals surface area contributed by atoms with Crippen molar-refractivity contribution in [2.24, 2.45) is 0 Å². The molecule has 1 aliphatic heterocycles. The summed E-state index contributed by atoms with van der Waals surface area (Å²) in [5.41, 5.74) is 1.25. The summed E-state index contributed by atoms with van der Waals surface area (Å²) >= 11 is 0. The predicted molar refractivity (Wildman–Crippen MR) is 74.5 cm³/mol. The molecule has 0 radical (unpaired) electrons. The predicted octanol–water partition coefficient (Wildman–Crippen LogP) is 1.91. The molecule has 19 heavy (non-hydrogen) atoms. The van der Waals surface area contributed by atoms with Gasteiger partial charge in [0.05, 0.1) is 17.4 Å². The Kier molecular flexibility index (Phi) is 3.85. The van der Waals surface area contributed by atoms with Crippen molar-refractivity contribution >= 4 is 13.2 Å². The van der Waals surface area contributed by atoms with Gasteiger partial charge in [-0.05, 0) is 40.2 Å². The second-order valence-corrected chi connectivity index (χ2v) is 5.80. The number of aromatic nitrogens is 1. The van der Waals surface area contributed by atoms with Crippen molar-refractivity contribution in [2.45, 2.75) is 38.9 Å². The molecule has 0 saturated carbocycles. The van der Waals surface area contributed by atoms with Crippen LogP contribution in [-0.4, -0.2) is 37.1 Å². The Labute approximate surface area is 114 Å². The summed E-state index contributed by atoms with van der Waals surface area (Å²) in [6.07, 6.45) is 5.25. The molecule has 1 saturated heterocycles. The van der Waals surface area contributed by atoms with Gasteiger partial charge in [-0.1, -0.05) is 11.2 Å².